The fraction of sp³-hybridized carbons (Fsp3) is 0.267. The van der Waals surface area contributed by atoms with Crippen molar-refractivity contribution in [3.8, 4) is 0 Å². The van der Waals surface area contributed by atoms with Gasteiger partial charge in [0.05, 0.1) is 6.04 Å². The summed E-state index contributed by atoms with van der Waals surface area (Å²) in [6.07, 6.45) is 0. The molecule has 1 aromatic heterocycles. The average molecular weight is 289 g/mol. The third-order valence-electron chi connectivity index (χ3n) is 2.98. The Kier molecular flexibility index (Phi) is 5.15. The van der Waals surface area contributed by atoms with Crippen molar-refractivity contribution < 1.29 is 4.79 Å². The molecule has 0 aliphatic rings. The molecule has 0 aliphatic carbocycles. The zero-order chi connectivity index (χ0) is 14.4. The molecule has 106 valence electrons. The Morgan fingerprint density at radius 2 is 1.95 bits per heavy atom. The van der Waals surface area contributed by atoms with Crippen molar-refractivity contribution in [2.75, 3.05) is 26.0 Å². The summed E-state index contributed by atoms with van der Waals surface area (Å²) in [6.45, 7) is 0.576. The number of nitrogens with zero attached hydrogens (tertiary/aromatic N) is 1. The summed E-state index contributed by atoms with van der Waals surface area (Å²) >= 11 is 1.70. The summed E-state index contributed by atoms with van der Waals surface area (Å²) in [6, 6.07) is 13.6. The molecule has 2 amide bonds. The van der Waals surface area contributed by atoms with Gasteiger partial charge in [-0.25, -0.2) is 4.79 Å². The van der Waals surface area contributed by atoms with Crippen molar-refractivity contribution in [2.24, 2.45) is 0 Å². The standard InChI is InChI=1S/C15H19N3OS/c1-18(2)13(14-9-6-10-20-14)11-16-15(19)17-12-7-4-3-5-8-12/h3-10,13H,11H2,1-2H3,(H2,16,17,19). The molecule has 1 unspecified atom stereocenters. The van der Waals surface area contributed by atoms with E-state index in [2.05, 4.69) is 27.0 Å². The highest BCUT2D eigenvalue weighted by Crippen LogP contribution is 2.22. The van der Waals surface area contributed by atoms with Gasteiger partial charge in [0.15, 0.2) is 0 Å². The van der Waals surface area contributed by atoms with Gasteiger partial charge >= 0.3 is 6.03 Å². The minimum Gasteiger partial charge on any atom is -0.336 e. The molecule has 2 N–H and O–H groups in total. The van der Waals surface area contributed by atoms with Crippen molar-refractivity contribution in [3.63, 3.8) is 0 Å². The minimum atomic E-state index is -0.181. The predicted molar refractivity (Wildman–Crippen MR) is 84.2 cm³/mol. The molecule has 0 fully saturated rings. The van der Waals surface area contributed by atoms with Gasteiger partial charge < -0.3 is 15.5 Å². The number of urea groups is 1. The average Bonchev–Trinajstić information content (AvgIpc) is 2.93. The number of hydrogen-bond donors (Lipinski definition) is 2. The van der Waals surface area contributed by atoms with Gasteiger partial charge in [0, 0.05) is 17.1 Å². The Bertz CT molecular complexity index is 525. The van der Waals surface area contributed by atoms with Gasteiger partial charge in [0.1, 0.15) is 0 Å². The van der Waals surface area contributed by atoms with E-state index < -0.39 is 0 Å². The maximum atomic E-state index is 11.9. The highest BCUT2D eigenvalue weighted by atomic mass is 32.1. The van der Waals surface area contributed by atoms with Gasteiger partial charge in [-0.2, -0.15) is 0 Å². The van der Waals surface area contributed by atoms with Gasteiger partial charge in [-0.1, -0.05) is 24.3 Å². The molecule has 4 nitrogen and oxygen atoms in total. The number of anilines is 1. The highest BCUT2D eigenvalue weighted by Gasteiger charge is 2.16. The maximum absolute atomic E-state index is 11.9. The van der Waals surface area contributed by atoms with Crippen LogP contribution in [0.25, 0.3) is 0 Å². The molecular weight excluding hydrogens is 270 g/mol. The number of nitrogens with one attached hydrogen (secondary N) is 2. The lowest BCUT2D eigenvalue weighted by Gasteiger charge is -2.23. The number of thiophene rings is 1. The lowest BCUT2D eigenvalue weighted by molar-refractivity contribution is 0.244. The molecule has 0 saturated heterocycles. The third kappa shape index (κ3) is 4.08. The van der Waals surface area contributed by atoms with Crippen molar-refractivity contribution in [2.45, 2.75) is 6.04 Å². The normalized spacial score (nSPS) is 12.2. The van der Waals surface area contributed by atoms with Gasteiger partial charge in [0.25, 0.3) is 0 Å². The Labute approximate surface area is 123 Å². The van der Waals surface area contributed by atoms with E-state index in [9.17, 15) is 4.79 Å². The summed E-state index contributed by atoms with van der Waals surface area (Å²) in [5.41, 5.74) is 0.794. The van der Waals surface area contributed by atoms with E-state index in [1.807, 2.05) is 50.5 Å². The first-order chi connectivity index (χ1) is 9.66. The number of carbonyl (C=O) groups excluding carboxylic acids is 1. The molecule has 0 saturated carbocycles. The van der Waals surface area contributed by atoms with Crippen LogP contribution in [0.15, 0.2) is 47.8 Å². The largest absolute Gasteiger partial charge is 0.336 e. The number of carbonyl (C=O) groups is 1. The van der Waals surface area contributed by atoms with E-state index in [4.69, 9.17) is 0 Å². The van der Waals surface area contributed by atoms with E-state index in [0.717, 1.165) is 5.69 Å². The molecule has 0 radical (unpaired) electrons. The molecule has 0 bridgehead atoms. The first-order valence-electron chi connectivity index (χ1n) is 6.46. The van der Waals surface area contributed by atoms with Crippen molar-refractivity contribution in [1.82, 2.24) is 10.2 Å². The monoisotopic (exact) mass is 289 g/mol. The summed E-state index contributed by atoms with van der Waals surface area (Å²) in [5, 5.41) is 7.78. The highest BCUT2D eigenvalue weighted by molar-refractivity contribution is 7.10. The fourth-order valence-electron chi connectivity index (χ4n) is 1.90. The van der Waals surface area contributed by atoms with Gasteiger partial charge in [0.2, 0.25) is 0 Å². The number of benzene rings is 1. The second-order valence-electron chi connectivity index (χ2n) is 4.70. The fourth-order valence-corrected chi connectivity index (χ4v) is 2.83. The molecule has 2 aromatic rings. The smallest absolute Gasteiger partial charge is 0.319 e. The Balaban J connectivity index is 1.88. The van der Waals surface area contributed by atoms with Crippen LogP contribution in [-0.2, 0) is 0 Å². The van der Waals surface area contributed by atoms with Gasteiger partial charge in [-0.05, 0) is 37.7 Å². The third-order valence-corrected chi connectivity index (χ3v) is 3.96. The molecule has 5 heteroatoms. The van der Waals surface area contributed by atoms with Gasteiger partial charge in [-0.15, -0.1) is 11.3 Å². The zero-order valence-corrected chi connectivity index (χ0v) is 12.5. The van der Waals surface area contributed by atoms with Crippen LogP contribution >= 0.6 is 11.3 Å². The SMILES string of the molecule is CN(C)C(CNC(=O)Nc1ccccc1)c1cccs1. The van der Waals surface area contributed by atoms with Crippen molar-refractivity contribution in [1.29, 1.82) is 0 Å². The second kappa shape index (κ2) is 7.07. The van der Waals surface area contributed by atoms with Gasteiger partial charge in [-0.3, -0.25) is 0 Å². The second-order valence-corrected chi connectivity index (χ2v) is 5.68. The molecule has 1 aromatic carbocycles. The van der Waals surface area contributed by atoms with E-state index >= 15 is 0 Å². The number of para-hydroxylation sites is 1. The summed E-state index contributed by atoms with van der Waals surface area (Å²) < 4.78 is 0. The number of amides is 2. The molecule has 1 atom stereocenters. The van der Waals surface area contributed by atoms with E-state index in [1.54, 1.807) is 11.3 Å². The van der Waals surface area contributed by atoms with E-state index in [0.29, 0.717) is 6.54 Å². The molecule has 1 heterocycles. The van der Waals surface area contributed by atoms with Crippen LogP contribution in [-0.4, -0.2) is 31.6 Å². The van der Waals surface area contributed by atoms with Crippen LogP contribution < -0.4 is 10.6 Å². The first kappa shape index (κ1) is 14.6. The number of hydrogen-bond acceptors (Lipinski definition) is 3. The summed E-state index contributed by atoms with van der Waals surface area (Å²) in [4.78, 5) is 15.2. The number of likely N-dealkylation sites (N-methyl/N-ethyl adjacent to an activating group) is 1. The predicted octanol–water partition coefficient (Wildman–Crippen LogP) is 3.17. The quantitative estimate of drug-likeness (QED) is 0.888. The van der Waals surface area contributed by atoms with Crippen LogP contribution in [0.5, 0.6) is 0 Å². The zero-order valence-electron chi connectivity index (χ0n) is 11.7. The van der Waals surface area contributed by atoms with Crippen LogP contribution in [0.4, 0.5) is 10.5 Å². The van der Waals surface area contributed by atoms with Crippen LogP contribution in [0, 0.1) is 0 Å². The molecule has 20 heavy (non-hydrogen) atoms. The Morgan fingerprint density at radius 1 is 1.20 bits per heavy atom. The van der Waals surface area contributed by atoms with Crippen molar-refractivity contribution >= 4 is 23.1 Å². The summed E-state index contributed by atoms with van der Waals surface area (Å²) in [5.74, 6) is 0. The first-order valence-corrected chi connectivity index (χ1v) is 7.34. The summed E-state index contributed by atoms with van der Waals surface area (Å²) in [7, 11) is 4.03. The maximum Gasteiger partial charge on any atom is 0.319 e. The molecular formula is C15H19N3OS. The molecule has 2 rings (SSSR count). The lowest BCUT2D eigenvalue weighted by atomic mass is 10.2. The van der Waals surface area contributed by atoms with Crippen LogP contribution in [0.1, 0.15) is 10.9 Å². The topological polar surface area (TPSA) is 44.4 Å². The van der Waals surface area contributed by atoms with Crippen LogP contribution in [0.3, 0.4) is 0 Å². The Hall–Kier alpha value is -1.85. The molecule has 0 aliphatic heterocycles. The van der Waals surface area contributed by atoms with Crippen LogP contribution in [0.2, 0.25) is 0 Å². The molecule has 0 spiro atoms. The van der Waals surface area contributed by atoms with Crippen molar-refractivity contribution in [3.05, 3.63) is 52.7 Å². The van der Waals surface area contributed by atoms with E-state index in [1.165, 1.54) is 4.88 Å². The Morgan fingerprint density at radius 3 is 2.55 bits per heavy atom. The van der Waals surface area contributed by atoms with E-state index in [-0.39, 0.29) is 12.1 Å². The lowest BCUT2D eigenvalue weighted by Crippen LogP contribution is -2.36. The minimum absolute atomic E-state index is 0.181. The number of rotatable bonds is 5.